The Hall–Kier alpha value is -1.68. The van der Waals surface area contributed by atoms with Crippen molar-refractivity contribution in [2.24, 2.45) is 0 Å². The molecular weight excluding hydrogens is 204 g/mol. The molecule has 0 amide bonds. The van der Waals surface area contributed by atoms with E-state index in [9.17, 15) is 5.11 Å². The first-order valence-corrected chi connectivity index (χ1v) is 5.02. The lowest BCUT2D eigenvalue weighted by molar-refractivity contribution is -0.381. The van der Waals surface area contributed by atoms with Crippen molar-refractivity contribution < 1.29 is 15.3 Å². The zero-order chi connectivity index (χ0) is 11.2. The van der Waals surface area contributed by atoms with Gasteiger partial charge in [-0.15, -0.1) is 0 Å². The number of hydrogen-bond donors (Lipinski definition) is 2. The Balaban J connectivity index is 2.39. The SMILES string of the molecule is OOC1(O)c2ccccc2-c2ccccc21. The van der Waals surface area contributed by atoms with Crippen LogP contribution in [0, 0.1) is 0 Å². The van der Waals surface area contributed by atoms with Crippen LogP contribution < -0.4 is 0 Å². The third-order valence-electron chi connectivity index (χ3n) is 3.01. The molecule has 3 nitrogen and oxygen atoms in total. The zero-order valence-corrected chi connectivity index (χ0v) is 8.42. The highest BCUT2D eigenvalue weighted by Gasteiger charge is 2.43. The number of hydrogen-bond acceptors (Lipinski definition) is 3. The molecule has 0 saturated heterocycles. The van der Waals surface area contributed by atoms with E-state index in [2.05, 4.69) is 4.89 Å². The summed E-state index contributed by atoms with van der Waals surface area (Å²) in [5.74, 6) is -1.74. The topological polar surface area (TPSA) is 49.7 Å². The lowest BCUT2D eigenvalue weighted by Gasteiger charge is -2.20. The second-order valence-electron chi connectivity index (χ2n) is 3.83. The molecule has 0 aliphatic heterocycles. The van der Waals surface area contributed by atoms with Crippen molar-refractivity contribution in [3.8, 4) is 11.1 Å². The highest BCUT2D eigenvalue weighted by molar-refractivity contribution is 5.79. The first-order valence-electron chi connectivity index (χ1n) is 5.02. The normalized spacial score (nSPS) is 15.6. The van der Waals surface area contributed by atoms with Gasteiger partial charge in [-0.05, 0) is 11.1 Å². The van der Waals surface area contributed by atoms with Crippen LogP contribution in [-0.2, 0) is 10.7 Å². The molecule has 2 N–H and O–H groups in total. The molecule has 2 aromatic rings. The van der Waals surface area contributed by atoms with Gasteiger partial charge in [0.05, 0.1) is 0 Å². The van der Waals surface area contributed by atoms with Gasteiger partial charge in [-0.2, -0.15) is 4.89 Å². The molecule has 0 unspecified atom stereocenters. The summed E-state index contributed by atoms with van der Waals surface area (Å²) < 4.78 is 0. The summed E-state index contributed by atoms with van der Waals surface area (Å²) in [5.41, 5.74) is 2.90. The summed E-state index contributed by atoms with van der Waals surface area (Å²) in [4.78, 5) is 4.31. The molecule has 1 aliphatic carbocycles. The van der Waals surface area contributed by atoms with E-state index in [0.717, 1.165) is 11.1 Å². The molecule has 0 saturated carbocycles. The van der Waals surface area contributed by atoms with Crippen LogP contribution in [0.4, 0.5) is 0 Å². The standard InChI is InChI=1S/C13H10O3/c14-13(16-15)11-7-3-1-5-9(11)10-6-2-4-8-12(10)13/h1-8,14-15H. The van der Waals surface area contributed by atoms with Crippen molar-refractivity contribution in [3.63, 3.8) is 0 Å². The van der Waals surface area contributed by atoms with Crippen LogP contribution in [0.1, 0.15) is 11.1 Å². The molecule has 0 aromatic heterocycles. The van der Waals surface area contributed by atoms with Crippen LogP contribution in [-0.4, -0.2) is 10.4 Å². The van der Waals surface area contributed by atoms with Gasteiger partial charge in [0.1, 0.15) is 0 Å². The Kier molecular flexibility index (Phi) is 1.88. The average molecular weight is 214 g/mol. The quantitative estimate of drug-likeness (QED) is 0.435. The second-order valence-corrected chi connectivity index (χ2v) is 3.83. The smallest absolute Gasteiger partial charge is 0.252 e. The van der Waals surface area contributed by atoms with Gasteiger partial charge in [0.2, 0.25) is 0 Å². The maximum Gasteiger partial charge on any atom is 0.252 e. The van der Waals surface area contributed by atoms with E-state index in [-0.39, 0.29) is 0 Å². The van der Waals surface area contributed by atoms with Gasteiger partial charge in [-0.1, -0.05) is 48.5 Å². The van der Waals surface area contributed by atoms with Crippen LogP contribution in [0.2, 0.25) is 0 Å². The molecule has 0 bridgehead atoms. The first kappa shape index (κ1) is 9.54. The molecule has 80 valence electrons. The first-order chi connectivity index (χ1) is 7.77. The molecule has 3 heteroatoms. The molecule has 0 radical (unpaired) electrons. The van der Waals surface area contributed by atoms with Gasteiger partial charge >= 0.3 is 0 Å². The van der Waals surface area contributed by atoms with E-state index in [1.54, 1.807) is 24.3 Å². The number of fused-ring (bicyclic) bond motifs is 3. The fraction of sp³-hybridized carbons (Fsp3) is 0.0769. The second kappa shape index (κ2) is 3.15. The van der Waals surface area contributed by atoms with E-state index in [1.807, 2.05) is 24.3 Å². The summed E-state index contributed by atoms with van der Waals surface area (Å²) in [5, 5.41) is 19.3. The van der Waals surface area contributed by atoms with E-state index in [4.69, 9.17) is 5.26 Å². The molecule has 3 rings (SSSR count). The third-order valence-corrected chi connectivity index (χ3v) is 3.01. The molecule has 0 spiro atoms. The maximum absolute atomic E-state index is 10.3. The van der Waals surface area contributed by atoms with Crippen LogP contribution in [0.15, 0.2) is 48.5 Å². The summed E-state index contributed by atoms with van der Waals surface area (Å²) in [6.07, 6.45) is 0. The molecule has 2 aromatic carbocycles. The van der Waals surface area contributed by atoms with Crippen molar-refractivity contribution in [3.05, 3.63) is 59.7 Å². The van der Waals surface area contributed by atoms with Crippen LogP contribution >= 0.6 is 0 Å². The molecular formula is C13H10O3. The van der Waals surface area contributed by atoms with Gasteiger partial charge in [-0.25, -0.2) is 5.26 Å². The molecule has 0 heterocycles. The van der Waals surface area contributed by atoms with E-state index >= 15 is 0 Å². The molecule has 1 aliphatic rings. The number of rotatable bonds is 1. The fourth-order valence-electron chi connectivity index (χ4n) is 2.27. The summed E-state index contributed by atoms with van der Waals surface area (Å²) >= 11 is 0. The predicted octanol–water partition coefficient (Wildman–Crippen LogP) is 2.35. The van der Waals surface area contributed by atoms with Crippen molar-refractivity contribution in [1.29, 1.82) is 0 Å². The van der Waals surface area contributed by atoms with Gasteiger partial charge < -0.3 is 5.11 Å². The van der Waals surface area contributed by atoms with Gasteiger partial charge in [0, 0.05) is 11.1 Å². The van der Waals surface area contributed by atoms with Crippen molar-refractivity contribution in [1.82, 2.24) is 0 Å². The minimum absolute atomic E-state index is 0.568. The van der Waals surface area contributed by atoms with E-state index < -0.39 is 5.79 Å². The Morgan fingerprint density at radius 2 is 1.25 bits per heavy atom. The summed E-state index contributed by atoms with van der Waals surface area (Å²) in [6, 6.07) is 14.6. The monoisotopic (exact) mass is 214 g/mol. The van der Waals surface area contributed by atoms with Crippen LogP contribution in [0.5, 0.6) is 0 Å². The molecule has 16 heavy (non-hydrogen) atoms. The van der Waals surface area contributed by atoms with Crippen LogP contribution in [0.3, 0.4) is 0 Å². The molecule has 0 atom stereocenters. The highest BCUT2D eigenvalue weighted by atomic mass is 17.1. The predicted molar refractivity (Wildman–Crippen MR) is 58.6 cm³/mol. The fourth-order valence-corrected chi connectivity index (χ4v) is 2.27. The maximum atomic E-state index is 10.3. The lowest BCUT2D eigenvalue weighted by atomic mass is 10.0. The molecule has 0 fully saturated rings. The van der Waals surface area contributed by atoms with Gasteiger partial charge in [0.25, 0.3) is 5.79 Å². The summed E-state index contributed by atoms with van der Waals surface area (Å²) in [6.45, 7) is 0. The van der Waals surface area contributed by atoms with Gasteiger partial charge in [-0.3, -0.25) is 0 Å². The Bertz CT molecular complexity index is 503. The average Bonchev–Trinajstić information content (AvgIpc) is 2.62. The minimum atomic E-state index is -1.74. The van der Waals surface area contributed by atoms with E-state index in [0.29, 0.717) is 11.1 Å². The highest BCUT2D eigenvalue weighted by Crippen LogP contribution is 2.47. The van der Waals surface area contributed by atoms with Crippen molar-refractivity contribution in [2.45, 2.75) is 5.79 Å². The minimum Gasteiger partial charge on any atom is -0.356 e. The number of aliphatic hydroxyl groups is 1. The largest absolute Gasteiger partial charge is 0.356 e. The Morgan fingerprint density at radius 3 is 1.69 bits per heavy atom. The Morgan fingerprint density at radius 1 is 0.812 bits per heavy atom. The summed E-state index contributed by atoms with van der Waals surface area (Å²) in [7, 11) is 0. The van der Waals surface area contributed by atoms with Crippen molar-refractivity contribution >= 4 is 0 Å². The van der Waals surface area contributed by atoms with Crippen LogP contribution in [0.25, 0.3) is 11.1 Å². The Labute approximate surface area is 92.5 Å². The lowest BCUT2D eigenvalue weighted by Crippen LogP contribution is -2.26. The van der Waals surface area contributed by atoms with Gasteiger partial charge in [0.15, 0.2) is 0 Å². The van der Waals surface area contributed by atoms with Crippen molar-refractivity contribution in [2.75, 3.05) is 0 Å². The van der Waals surface area contributed by atoms with E-state index in [1.165, 1.54) is 0 Å². The zero-order valence-electron chi connectivity index (χ0n) is 8.42. The third kappa shape index (κ3) is 1.02. The number of benzene rings is 2.